The molecule has 4 rings (SSSR count). The van der Waals surface area contributed by atoms with Crippen LogP contribution in [-0.2, 0) is 14.3 Å². The van der Waals surface area contributed by atoms with Gasteiger partial charge in [0.1, 0.15) is 17.4 Å². The number of esters is 1. The maximum absolute atomic E-state index is 13.1. The molecule has 1 N–H and O–H groups in total. The van der Waals surface area contributed by atoms with Crippen molar-refractivity contribution in [3.05, 3.63) is 53.3 Å². The molecule has 30 heavy (non-hydrogen) atoms. The van der Waals surface area contributed by atoms with Crippen LogP contribution in [0.15, 0.2) is 36.4 Å². The van der Waals surface area contributed by atoms with E-state index < -0.39 is 30.0 Å². The van der Waals surface area contributed by atoms with Crippen molar-refractivity contribution in [2.75, 3.05) is 19.5 Å². The summed E-state index contributed by atoms with van der Waals surface area (Å²) in [5.41, 5.74) is 0.989. The van der Waals surface area contributed by atoms with E-state index >= 15 is 0 Å². The van der Waals surface area contributed by atoms with E-state index in [2.05, 4.69) is 5.32 Å². The van der Waals surface area contributed by atoms with Gasteiger partial charge in [0.05, 0.1) is 14.2 Å². The van der Waals surface area contributed by atoms with Gasteiger partial charge in [-0.25, -0.2) is 9.18 Å². The normalized spacial score (nSPS) is 20.0. The van der Waals surface area contributed by atoms with Crippen molar-refractivity contribution < 1.29 is 33.0 Å². The predicted molar refractivity (Wildman–Crippen MR) is 103 cm³/mol. The van der Waals surface area contributed by atoms with Gasteiger partial charge < -0.3 is 19.5 Å². The first-order valence-electron chi connectivity index (χ1n) is 9.28. The average molecular weight is 414 g/mol. The predicted octanol–water partition coefficient (Wildman–Crippen LogP) is 2.64. The molecule has 0 radical (unpaired) electrons. The van der Waals surface area contributed by atoms with Gasteiger partial charge in [0, 0.05) is 17.7 Å². The number of nitrogens with one attached hydrogen (secondary N) is 1. The maximum atomic E-state index is 13.1. The van der Waals surface area contributed by atoms with E-state index in [1.807, 2.05) is 0 Å². The minimum atomic E-state index is -1.05. The Morgan fingerprint density at radius 3 is 2.53 bits per heavy atom. The third-order valence-corrected chi connectivity index (χ3v) is 5.19. The van der Waals surface area contributed by atoms with E-state index in [9.17, 15) is 18.8 Å². The first-order valence-corrected chi connectivity index (χ1v) is 9.28. The number of rotatable bonds is 5. The third-order valence-electron chi connectivity index (χ3n) is 5.19. The SMILES string of the molecule is COc1ccc2c(c1OC)C(=O)O[C@@H]2N1C(=O)CC[C@H]1C(=O)Nc1ccc(F)cc1. The van der Waals surface area contributed by atoms with Crippen molar-refractivity contribution >= 4 is 23.5 Å². The summed E-state index contributed by atoms with van der Waals surface area (Å²) in [5.74, 6) is -1.28. The molecular weight excluding hydrogens is 395 g/mol. The number of halogens is 1. The minimum absolute atomic E-state index is 0.137. The molecule has 0 spiro atoms. The molecule has 9 heteroatoms. The van der Waals surface area contributed by atoms with E-state index in [1.165, 1.54) is 43.4 Å². The zero-order chi connectivity index (χ0) is 21.4. The molecule has 2 aliphatic heterocycles. The van der Waals surface area contributed by atoms with Crippen LogP contribution in [-0.4, -0.2) is 42.9 Å². The van der Waals surface area contributed by atoms with Crippen LogP contribution in [0.1, 0.15) is 35.0 Å². The van der Waals surface area contributed by atoms with Gasteiger partial charge in [-0.05, 0) is 42.8 Å². The van der Waals surface area contributed by atoms with Crippen LogP contribution < -0.4 is 14.8 Å². The monoisotopic (exact) mass is 414 g/mol. The Labute approximate surface area is 171 Å². The van der Waals surface area contributed by atoms with Crippen LogP contribution in [0.3, 0.4) is 0 Å². The number of carbonyl (C=O) groups excluding carboxylic acids is 3. The standard InChI is InChI=1S/C21H19FN2O6/c1-28-15-9-7-13-17(18(15)29-2)21(27)30-20(13)24-14(8-10-16(24)25)19(26)23-12-5-3-11(22)4-6-12/h3-7,9,14,20H,8,10H2,1-2H3,(H,23,26)/t14-,20-/m0/s1. The van der Waals surface area contributed by atoms with Crippen LogP contribution in [0.5, 0.6) is 11.5 Å². The molecule has 2 atom stereocenters. The van der Waals surface area contributed by atoms with Crippen molar-refractivity contribution in [3.8, 4) is 11.5 Å². The van der Waals surface area contributed by atoms with Crippen LogP contribution >= 0.6 is 0 Å². The highest BCUT2D eigenvalue weighted by Gasteiger charge is 2.47. The Morgan fingerprint density at radius 2 is 1.87 bits per heavy atom. The Kier molecular flexibility index (Phi) is 5.03. The number of anilines is 1. The summed E-state index contributed by atoms with van der Waals surface area (Å²) in [7, 11) is 2.85. The molecule has 2 aliphatic rings. The van der Waals surface area contributed by atoms with Crippen molar-refractivity contribution in [3.63, 3.8) is 0 Å². The molecule has 0 aliphatic carbocycles. The number of likely N-dealkylation sites (tertiary alicyclic amines) is 1. The number of ether oxygens (including phenoxy) is 3. The molecule has 2 aromatic rings. The average Bonchev–Trinajstić information content (AvgIpc) is 3.28. The fraction of sp³-hybridized carbons (Fsp3) is 0.286. The summed E-state index contributed by atoms with van der Waals surface area (Å²) < 4.78 is 29.1. The topological polar surface area (TPSA) is 94.2 Å². The van der Waals surface area contributed by atoms with Crippen molar-refractivity contribution in [2.45, 2.75) is 25.1 Å². The number of benzene rings is 2. The Bertz CT molecular complexity index is 1020. The van der Waals surface area contributed by atoms with Gasteiger partial charge in [-0.15, -0.1) is 0 Å². The summed E-state index contributed by atoms with van der Waals surface area (Å²) in [6, 6.07) is 7.68. The number of amides is 2. The minimum Gasteiger partial charge on any atom is -0.493 e. The molecule has 2 heterocycles. The number of hydrogen-bond acceptors (Lipinski definition) is 6. The second kappa shape index (κ2) is 7.66. The highest BCUT2D eigenvalue weighted by molar-refractivity contribution is 6.01. The van der Waals surface area contributed by atoms with Gasteiger partial charge in [0.15, 0.2) is 11.5 Å². The molecule has 0 unspecified atom stereocenters. The van der Waals surface area contributed by atoms with Gasteiger partial charge in [-0.3, -0.25) is 14.5 Å². The Balaban J connectivity index is 1.64. The van der Waals surface area contributed by atoms with Crippen molar-refractivity contribution in [1.29, 1.82) is 0 Å². The summed E-state index contributed by atoms with van der Waals surface area (Å²) >= 11 is 0. The molecule has 2 aromatic carbocycles. The second-order valence-electron chi connectivity index (χ2n) is 6.87. The zero-order valence-corrected chi connectivity index (χ0v) is 16.3. The molecule has 1 saturated heterocycles. The summed E-state index contributed by atoms with van der Waals surface area (Å²) in [6.45, 7) is 0. The van der Waals surface area contributed by atoms with Gasteiger partial charge in [-0.2, -0.15) is 0 Å². The fourth-order valence-electron chi connectivity index (χ4n) is 3.80. The van der Waals surface area contributed by atoms with E-state index in [-0.39, 0.29) is 30.1 Å². The lowest BCUT2D eigenvalue weighted by Crippen LogP contribution is -2.43. The van der Waals surface area contributed by atoms with E-state index in [4.69, 9.17) is 14.2 Å². The van der Waals surface area contributed by atoms with Crippen molar-refractivity contribution in [2.24, 2.45) is 0 Å². The fourth-order valence-corrected chi connectivity index (χ4v) is 3.80. The maximum Gasteiger partial charge on any atom is 0.344 e. The van der Waals surface area contributed by atoms with E-state index in [0.717, 1.165) is 0 Å². The highest BCUT2D eigenvalue weighted by atomic mass is 19.1. The molecule has 156 valence electrons. The molecular formula is C21H19FN2O6. The molecule has 1 fully saturated rings. The number of methoxy groups -OCH3 is 2. The first-order chi connectivity index (χ1) is 14.4. The highest BCUT2D eigenvalue weighted by Crippen LogP contribution is 2.45. The van der Waals surface area contributed by atoms with Crippen LogP contribution in [0.4, 0.5) is 10.1 Å². The third kappa shape index (κ3) is 3.22. The van der Waals surface area contributed by atoms with Gasteiger partial charge in [0.25, 0.3) is 0 Å². The van der Waals surface area contributed by atoms with Gasteiger partial charge >= 0.3 is 5.97 Å². The lowest BCUT2D eigenvalue weighted by atomic mass is 10.1. The van der Waals surface area contributed by atoms with Crippen LogP contribution in [0.25, 0.3) is 0 Å². The van der Waals surface area contributed by atoms with Gasteiger partial charge in [0.2, 0.25) is 18.0 Å². The number of carbonyl (C=O) groups is 3. The lowest BCUT2D eigenvalue weighted by Gasteiger charge is -2.29. The first kappa shape index (κ1) is 19.7. The molecule has 0 saturated carbocycles. The largest absolute Gasteiger partial charge is 0.493 e. The second-order valence-corrected chi connectivity index (χ2v) is 6.87. The van der Waals surface area contributed by atoms with Crippen molar-refractivity contribution in [1.82, 2.24) is 4.90 Å². The Hall–Kier alpha value is -3.62. The Morgan fingerprint density at radius 1 is 1.13 bits per heavy atom. The number of fused-ring (bicyclic) bond motifs is 1. The van der Waals surface area contributed by atoms with Crippen LogP contribution in [0.2, 0.25) is 0 Å². The summed E-state index contributed by atoms with van der Waals surface area (Å²) in [5, 5.41) is 2.68. The zero-order valence-electron chi connectivity index (χ0n) is 16.3. The summed E-state index contributed by atoms with van der Waals surface area (Å²) in [6.07, 6.45) is -0.646. The van der Waals surface area contributed by atoms with Crippen LogP contribution in [0, 0.1) is 5.82 Å². The smallest absolute Gasteiger partial charge is 0.344 e. The van der Waals surface area contributed by atoms with Gasteiger partial charge in [-0.1, -0.05) is 0 Å². The molecule has 0 aromatic heterocycles. The lowest BCUT2D eigenvalue weighted by molar-refractivity contribution is -0.144. The quantitative estimate of drug-likeness (QED) is 0.756. The van der Waals surface area contributed by atoms with E-state index in [1.54, 1.807) is 12.1 Å². The number of hydrogen-bond donors (Lipinski definition) is 1. The summed E-state index contributed by atoms with van der Waals surface area (Å²) in [4.78, 5) is 39.3. The molecule has 2 amide bonds. The van der Waals surface area contributed by atoms with E-state index in [0.29, 0.717) is 17.0 Å². The molecule has 0 bridgehead atoms. The molecule has 8 nitrogen and oxygen atoms in total. The number of nitrogens with zero attached hydrogens (tertiary/aromatic N) is 1. The number of cyclic esters (lactones) is 1.